The molecule has 0 bridgehead atoms. The van der Waals surface area contributed by atoms with Crippen LogP contribution in [0.15, 0.2) is 24.3 Å². The van der Waals surface area contributed by atoms with Gasteiger partial charge in [-0.3, -0.25) is 9.27 Å². The van der Waals surface area contributed by atoms with Crippen LogP contribution in [0.3, 0.4) is 0 Å². The van der Waals surface area contributed by atoms with Gasteiger partial charge < -0.3 is 10.8 Å². The Bertz CT molecular complexity index is 340. The molecular weight excluding hydrogens is 216 g/mol. The Kier molecular flexibility index (Phi) is 4.22. The molecular formula is C9H14N2O3S. The van der Waals surface area contributed by atoms with E-state index < -0.39 is 17.5 Å². The van der Waals surface area contributed by atoms with Crippen LogP contribution in [-0.2, 0) is 11.3 Å². The van der Waals surface area contributed by atoms with Gasteiger partial charge in [-0.15, -0.1) is 0 Å². The normalized spacial score (nSPS) is 16.8. The molecule has 0 heterocycles. The van der Waals surface area contributed by atoms with Gasteiger partial charge in [0.25, 0.3) is 11.3 Å². The lowest BCUT2D eigenvalue weighted by atomic mass is 10.00. The first-order chi connectivity index (χ1) is 7.00. The maximum atomic E-state index is 10.4. The molecule has 0 aliphatic rings. The van der Waals surface area contributed by atoms with Gasteiger partial charge in [0.2, 0.25) is 0 Å². The highest BCUT2D eigenvalue weighted by atomic mass is 32.2. The summed E-state index contributed by atoms with van der Waals surface area (Å²) in [6.45, 7) is 1.80. The molecule has 1 aromatic carbocycles. The number of aliphatic hydroxyl groups excluding tert-OH is 1. The molecule has 1 rings (SSSR count). The molecule has 84 valence electrons. The summed E-state index contributed by atoms with van der Waals surface area (Å²) in [5.74, 6) is -0.168. The van der Waals surface area contributed by atoms with Crippen molar-refractivity contribution in [2.24, 2.45) is 5.73 Å². The first kappa shape index (κ1) is 12.1. The van der Waals surface area contributed by atoms with Crippen molar-refractivity contribution in [2.75, 3.05) is 4.72 Å². The number of anilines is 1. The van der Waals surface area contributed by atoms with Gasteiger partial charge in [-0.05, 0) is 17.7 Å². The predicted octanol–water partition coefficient (Wildman–Crippen LogP) is 0.616. The molecule has 3 atom stereocenters. The van der Waals surface area contributed by atoms with Crippen molar-refractivity contribution < 1.29 is 13.9 Å². The lowest BCUT2D eigenvalue weighted by Gasteiger charge is -2.15. The quantitative estimate of drug-likeness (QED) is 0.450. The Morgan fingerprint density at radius 1 is 1.40 bits per heavy atom. The molecule has 0 aromatic heterocycles. The standard InChI is InChI=1S/C9H14N2O3S/c1-6(9(10)12)7-2-4-8(5-3-7)11-15(13)14/h2-6,9,11-12H,10H2,1H3,(H,13,14). The second-order valence-corrected chi connectivity index (χ2v) is 3.95. The van der Waals surface area contributed by atoms with Crippen LogP contribution < -0.4 is 10.5 Å². The highest BCUT2D eigenvalue weighted by Crippen LogP contribution is 2.19. The summed E-state index contributed by atoms with van der Waals surface area (Å²) in [4.78, 5) is 0. The monoisotopic (exact) mass is 230 g/mol. The zero-order valence-corrected chi connectivity index (χ0v) is 9.07. The lowest BCUT2D eigenvalue weighted by Crippen LogP contribution is -2.25. The van der Waals surface area contributed by atoms with Gasteiger partial charge in [0.15, 0.2) is 0 Å². The fourth-order valence-electron chi connectivity index (χ4n) is 1.15. The molecule has 0 radical (unpaired) electrons. The van der Waals surface area contributed by atoms with Crippen LogP contribution in [0, 0.1) is 0 Å². The van der Waals surface area contributed by atoms with E-state index in [1.165, 1.54) is 0 Å². The van der Waals surface area contributed by atoms with E-state index in [4.69, 9.17) is 15.4 Å². The van der Waals surface area contributed by atoms with Crippen molar-refractivity contribution in [3.05, 3.63) is 29.8 Å². The van der Waals surface area contributed by atoms with Crippen LogP contribution in [-0.4, -0.2) is 20.1 Å². The number of hydrogen-bond acceptors (Lipinski definition) is 3. The third kappa shape index (κ3) is 3.60. The Labute approximate surface area is 90.7 Å². The summed E-state index contributed by atoms with van der Waals surface area (Å²) in [6, 6.07) is 6.80. The number of rotatable bonds is 4. The molecule has 0 amide bonds. The zero-order chi connectivity index (χ0) is 11.4. The third-order valence-corrected chi connectivity index (χ3v) is 2.56. The Morgan fingerprint density at radius 3 is 2.33 bits per heavy atom. The first-order valence-electron chi connectivity index (χ1n) is 4.42. The minimum absolute atomic E-state index is 0.168. The molecule has 5 nitrogen and oxygen atoms in total. The molecule has 0 saturated heterocycles. The minimum Gasteiger partial charge on any atom is -0.378 e. The van der Waals surface area contributed by atoms with Crippen LogP contribution >= 0.6 is 0 Å². The van der Waals surface area contributed by atoms with E-state index in [0.29, 0.717) is 5.69 Å². The van der Waals surface area contributed by atoms with Gasteiger partial charge in [-0.25, -0.2) is 4.21 Å². The number of hydrogen-bond donors (Lipinski definition) is 4. The van der Waals surface area contributed by atoms with Crippen LogP contribution in [0.2, 0.25) is 0 Å². The highest BCUT2D eigenvalue weighted by molar-refractivity contribution is 7.80. The molecule has 0 saturated carbocycles. The van der Waals surface area contributed by atoms with Gasteiger partial charge in [0.1, 0.15) is 6.23 Å². The molecule has 0 fully saturated rings. The van der Waals surface area contributed by atoms with Crippen molar-refractivity contribution in [1.29, 1.82) is 0 Å². The predicted molar refractivity (Wildman–Crippen MR) is 59.4 cm³/mol. The molecule has 0 spiro atoms. The number of nitrogens with one attached hydrogen (secondary N) is 1. The average molecular weight is 230 g/mol. The molecule has 5 N–H and O–H groups in total. The summed E-state index contributed by atoms with van der Waals surface area (Å²) >= 11 is -2.07. The largest absolute Gasteiger partial charge is 0.378 e. The number of nitrogens with two attached hydrogens (primary N) is 1. The van der Waals surface area contributed by atoms with Gasteiger partial charge in [0, 0.05) is 11.6 Å². The molecule has 15 heavy (non-hydrogen) atoms. The van der Waals surface area contributed by atoms with Gasteiger partial charge >= 0.3 is 0 Å². The second kappa shape index (κ2) is 5.22. The van der Waals surface area contributed by atoms with Crippen molar-refractivity contribution >= 4 is 17.0 Å². The summed E-state index contributed by atoms with van der Waals surface area (Å²) in [6.07, 6.45) is -0.907. The molecule has 6 heteroatoms. The van der Waals surface area contributed by atoms with Crippen molar-refractivity contribution in [1.82, 2.24) is 0 Å². The van der Waals surface area contributed by atoms with Crippen LogP contribution in [0.25, 0.3) is 0 Å². The van der Waals surface area contributed by atoms with E-state index in [1.54, 1.807) is 31.2 Å². The minimum atomic E-state index is -2.07. The topological polar surface area (TPSA) is 95.6 Å². The molecule has 1 aromatic rings. The van der Waals surface area contributed by atoms with E-state index in [-0.39, 0.29) is 5.92 Å². The molecule has 0 aliphatic carbocycles. The van der Waals surface area contributed by atoms with Crippen LogP contribution in [0.4, 0.5) is 5.69 Å². The van der Waals surface area contributed by atoms with Gasteiger partial charge in [-0.2, -0.15) is 0 Å². The summed E-state index contributed by atoms with van der Waals surface area (Å²) in [5, 5.41) is 9.16. The van der Waals surface area contributed by atoms with Crippen molar-refractivity contribution in [3.63, 3.8) is 0 Å². The fourth-order valence-corrected chi connectivity index (χ4v) is 1.49. The fraction of sp³-hybridized carbons (Fsp3) is 0.333. The van der Waals surface area contributed by atoms with Crippen molar-refractivity contribution in [3.8, 4) is 0 Å². The number of aliphatic hydroxyl groups is 1. The molecule has 3 unspecified atom stereocenters. The smallest absolute Gasteiger partial charge is 0.259 e. The van der Waals surface area contributed by atoms with Gasteiger partial charge in [0.05, 0.1) is 0 Å². The maximum Gasteiger partial charge on any atom is 0.259 e. The summed E-state index contributed by atoms with van der Waals surface area (Å²) in [5.41, 5.74) is 6.75. The third-order valence-electron chi connectivity index (χ3n) is 2.15. The summed E-state index contributed by atoms with van der Waals surface area (Å²) < 4.78 is 21.3. The van der Waals surface area contributed by atoms with Gasteiger partial charge in [-0.1, -0.05) is 19.1 Å². The van der Waals surface area contributed by atoms with Crippen LogP contribution in [0.1, 0.15) is 18.4 Å². The zero-order valence-electron chi connectivity index (χ0n) is 8.25. The van der Waals surface area contributed by atoms with E-state index in [1.807, 2.05) is 0 Å². The van der Waals surface area contributed by atoms with E-state index in [2.05, 4.69) is 4.72 Å². The van der Waals surface area contributed by atoms with Crippen LogP contribution in [0.5, 0.6) is 0 Å². The number of benzene rings is 1. The lowest BCUT2D eigenvalue weighted by molar-refractivity contribution is 0.156. The Balaban J connectivity index is 2.76. The Hall–Kier alpha value is -0.950. The second-order valence-electron chi connectivity index (χ2n) is 3.25. The van der Waals surface area contributed by atoms with E-state index in [9.17, 15) is 4.21 Å². The highest BCUT2D eigenvalue weighted by Gasteiger charge is 2.11. The Morgan fingerprint density at radius 2 is 1.93 bits per heavy atom. The first-order valence-corrected chi connectivity index (χ1v) is 5.52. The SMILES string of the molecule is CC(c1ccc(NS(=O)O)cc1)C(N)O. The van der Waals surface area contributed by atoms with E-state index >= 15 is 0 Å². The van der Waals surface area contributed by atoms with Crippen molar-refractivity contribution in [2.45, 2.75) is 19.1 Å². The molecule has 0 aliphatic heterocycles. The summed E-state index contributed by atoms with van der Waals surface area (Å²) in [7, 11) is 0. The van der Waals surface area contributed by atoms with E-state index in [0.717, 1.165) is 5.56 Å². The average Bonchev–Trinajstić information content (AvgIpc) is 2.17. The maximum absolute atomic E-state index is 10.4.